The average molecular weight is 239 g/mol. The van der Waals surface area contributed by atoms with E-state index in [0.717, 1.165) is 11.5 Å². The molecule has 0 radical (unpaired) electrons. The molecule has 5 nitrogen and oxygen atoms in total. The first-order chi connectivity index (χ1) is 7.63. The Hall–Kier alpha value is -1.62. The Morgan fingerprint density at radius 3 is 2.81 bits per heavy atom. The van der Waals surface area contributed by atoms with E-state index in [9.17, 15) is 0 Å². The van der Waals surface area contributed by atoms with Crippen LogP contribution in [0.1, 0.15) is 17.3 Å². The van der Waals surface area contributed by atoms with E-state index in [-0.39, 0.29) is 5.28 Å². The molecule has 0 aliphatic carbocycles. The van der Waals surface area contributed by atoms with Gasteiger partial charge in [-0.2, -0.15) is 0 Å². The van der Waals surface area contributed by atoms with Crippen LogP contribution in [0.3, 0.4) is 0 Å². The van der Waals surface area contributed by atoms with Gasteiger partial charge in [0.1, 0.15) is 11.6 Å². The van der Waals surface area contributed by atoms with Crippen LogP contribution in [0.5, 0.6) is 0 Å². The van der Waals surface area contributed by atoms with Crippen molar-refractivity contribution in [1.29, 1.82) is 0 Å². The van der Waals surface area contributed by atoms with E-state index in [4.69, 9.17) is 16.0 Å². The maximum atomic E-state index is 5.73. The Kier molecular flexibility index (Phi) is 3.05. The van der Waals surface area contributed by atoms with Crippen molar-refractivity contribution in [3.63, 3.8) is 0 Å². The highest BCUT2D eigenvalue weighted by Gasteiger charge is 2.03. The molecule has 0 aliphatic rings. The van der Waals surface area contributed by atoms with Gasteiger partial charge in [-0.05, 0) is 25.4 Å². The van der Waals surface area contributed by atoms with Gasteiger partial charge in [-0.1, -0.05) is 0 Å². The summed E-state index contributed by atoms with van der Waals surface area (Å²) in [5.74, 6) is 2.06. The second kappa shape index (κ2) is 4.49. The van der Waals surface area contributed by atoms with Gasteiger partial charge in [0.25, 0.3) is 0 Å². The molecule has 0 bridgehead atoms. The molecular formula is C10H11ClN4O. The van der Waals surface area contributed by atoms with Crippen molar-refractivity contribution in [1.82, 2.24) is 15.0 Å². The number of hydrogen-bond donors (Lipinski definition) is 1. The van der Waals surface area contributed by atoms with Gasteiger partial charge in [0.15, 0.2) is 0 Å². The smallest absolute Gasteiger partial charge is 0.224 e. The maximum Gasteiger partial charge on any atom is 0.224 e. The Bertz CT molecular complexity index is 477. The molecule has 6 heteroatoms. The summed E-state index contributed by atoms with van der Waals surface area (Å²) in [6.45, 7) is 4.18. The van der Waals surface area contributed by atoms with Gasteiger partial charge in [-0.3, -0.25) is 0 Å². The number of rotatable bonds is 3. The van der Waals surface area contributed by atoms with E-state index < -0.39 is 0 Å². The second-order valence-corrected chi connectivity index (χ2v) is 3.72. The monoisotopic (exact) mass is 238 g/mol. The minimum atomic E-state index is 0.228. The predicted octanol–water partition coefficient (Wildman–Crippen LogP) is 2.35. The van der Waals surface area contributed by atoms with Crippen LogP contribution in [0.15, 0.2) is 16.7 Å². The number of oxazole rings is 1. The van der Waals surface area contributed by atoms with Crippen LogP contribution in [0.25, 0.3) is 0 Å². The van der Waals surface area contributed by atoms with Crippen molar-refractivity contribution in [2.75, 3.05) is 5.32 Å². The van der Waals surface area contributed by atoms with Crippen molar-refractivity contribution in [3.05, 3.63) is 34.9 Å². The highest BCUT2D eigenvalue weighted by molar-refractivity contribution is 6.28. The highest BCUT2D eigenvalue weighted by Crippen LogP contribution is 2.11. The van der Waals surface area contributed by atoms with E-state index in [2.05, 4.69) is 20.3 Å². The fourth-order valence-corrected chi connectivity index (χ4v) is 1.50. The summed E-state index contributed by atoms with van der Waals surface area (Å²) >= 11 is 5.73. The number of anilines is 1. The van der Waals surface area contributed by atoms with Crippen LogP contribution in [0, 0.1) is 13.8 Å². The highest BCUT2D eigenvalue weighted by atomic mass is 35.5. The van der Waals surface area contributed by atoms with E-state index >= 15 is 0 Å². The molecule has 0 unspecified atom stereocenters. The summed E-state index contributed by atoms with van der Waals surface area (Å²) in [5, 5.41) is 3.29. The Morgan fingerprint density at radius 1 is 1.38 bits per heavy atom. The summed E-state index contributed by atoms with van der Waals surface area (Å²) in [6, 6.07) is 1.81. The van der Waals surface area contributed by atoms with Gasteiger partial charge in [-0.15, -0.1) is 0 Å². The summed E-state index contributed by atoms with van der Waals surface area (Å²) in [4.78, 5) is 12.1. The maximum absolute atomic E-state index is 5.73. The third-order valence-corrected chi connectivity index (χ3v) is 2.09. The summed E-state index contributed by atoms with van der Waals surface area (Å²) in [5.41, 5.74) is 0.811. The van der Waals surface area contributed by atoms with E-state index in [1.165, 1.54) is 0 Å². The zero-order valence-electron chi connectivity index (χ0n) is 8.99. The average Bonchev–Trinajstić information content (AvgIpc) is 2.60. The van der Waals surface area contributed by atoms with Gasteiger partial charge >= 0.3 is 0 Å². The molecule has 0 fully saturated rings. The number of aryl methyl sites for hydroxylation is 2. The number of nitrogens with one attached hydrogen (secondary N) is 1. The largest absolute Gasteiger partial charge is 0.444 e. The lowest BCUT2D eigenvalue weighted by molar-refractivity contribution is 0.479. The molecule has 2 aromatic heterocycles. The lowest BCUT2D eigenvalue weighted by Crippen LogP contribution is -2.02. The molecule has 0 amide bonds. The first kappa shape index (κ1) is 10.9. The van der Waals surface area contributed by atoms with Crippen LogP contribution in [0.2, 0.25) is 5.28 Å². The molecular weight excluding hydrogens is 228 g/mol. The lowest BCUT2D eigenvalue weighted by Gasteiger charge is -2.03. The van der Waals surface area contributed by atoms with Crippen molar-refractivity contribution in [3.8, 4) is 0 Å². The molecule has 2 heterocycles. The van der Waals surface area contributed by atoms with Crippen LogP contribution >= 0.6 is 11.6 Å². The predicted molar refractivity (Wildman–Crippen MR) is 60.3 cm³/mol. The van der Waals surface area contributed by atoms with Crippen molar-refractivity contribution in [2.45, 2.75) is 20.4 Å². The molecule has 1 N–H and O–H groups in total. The number of nitrogens with zero attached hydrogens (tertiary/aromatic N) is 3. The zero-order valence-corrected chi connectivity index (χ0v) is 9.75. The minimum Gasteiger partial charge on any atom is -0.444 e. The molecule has 0 aliphatic heterocycles. The van der Waals surface area contributed by atoms with E-state index in [1.54, 1.807) is 6.20 Å². The minimum absolute atomic E-state index is 0.228. The summed E-state index contributed by atoms with van der Waals surface area (Å²) in [6.07, 6.45) is 1.68. The fraction of sp³-hybridized carbons (Fsp3) is 0.300. The van der Waals surface area contributed by atoms with Crippen LogP contribution in [-0.4, -0.2) is 15.0 Å². The van der Waals surface area contributed by atoms with Crippen molar-refractivity contribution in [2.24, 2.45) is 0 Å². The van der Waals surface area contributed by atoms with Crippen LogP contribution < -0.4 is 5.32 Å². The number of halogens is 1. The number of hydrogen-bond acceptors (Lipinski definition) is 5. The molecule has 2 rings (SSSR count). The molecule has 0 saturated carbocycles. The van der Waals surface area contributed by atoms with Gasteiger partial charge in [0, 0.05) is 11.8 Å². The summed E-state index contributed by atoms with van der Waals surface area (Å²) in [7, 11) is 0. The van der Waals surface area contributed by atoms with Crippen LogP contribution in [0.4, 0.5) is 5.82 Å². The zero-order chi connectivity index (χ0) is 11.5. The van der Waals surface area contributed by atoms with Gasteiger partial charge in [0.05, 0.1) is 12.7 Å². The van der Waals surface area contributed by atoms with Crippen molar-refractivity contribution < 1.29 is 4.42 Å². The van der Waals surface area contributed by atoms with Crippen molar-refractivity contribution >= 4 is 17.4 Å². The van der Waals surface area contributed by atoms with Crippen LogP contribution in [-0.2, 0) is 6.54 Å². The first-order valence-corrected chi connectivity index (χ1v) is 5.17. The standard InChI is InChI=1S/C10H11ClN4O/c1-6-3-8(15-10(11)14-6)12-5-9-13-4-7(2)16-9/h3-4H,5H2,1-2H3,(H,12,14,15). The molecule has 0 spiro atoms. The first-order valence-electron chi connectivity index (χ1n) is 4.80. The normalized spacial score (nSPS) is 10.4. The molecule has 0 atom stereocenters. The SMILES string of the molecule is Cc1cc(NCc2ncc(C)o2)nc(Cl)n1. The third kappa shape index (κ3) is 2.70. The Morgan fingerprint density at radius 2 is 2.19 bits per heavy atom. The molecule has 0 saturated heterocycles. The summed E-state index contributed by atoms with van der Waals surface area (Å²) < 4.78 is 5.32. The molecule has 2 aromatic rings. The molecule has 84 valence electrons. The van der Waals surface area contributed by atoms with Gasteiger partial charge in [0.2, 0.25) is 11.2 Å². The fourth-order valence-electron chi connectivity index (χ4n) is 1.27. The third-order valence-electron chi connectivity index (χ3n) is 1.92. The number of aromatic nitrogens is 3. The lowest BCUT2D eigenvalue weighted by atomic mass is 10.4. The molecule has 16 heavy (non-hydrogen) atoms. The topological polar surface area (TPSA) is 63.8 Å². The second-order valence-electron chi connectivity index (χ2n) is 3.38. The molecule has 0 aromatic carbocycles. The van der Waals surface area contributed by atoms with Gasteiger partial charge < -0.3 is 9.73 Å². The Labute approximate surface area is 97.9 Å². The van der Waals surface area contributed by atoms with Gasteiger partial charge in [-0.25, -0.2) is 15.0 Å². The Balaban J connectivity index is 2.04. The van der Waals surface area contributed by atoms with E-state index in [1.807, 2.05) is 19.9 Å². The quantitative estimate of drug-likeness (QED) is 0.832. The van der Waals surface area contributed by atoms with E-state index in [0.29, 0.717) is 18.3 Å².